The first-order valence-electron chi connectivity index (χ1n) is 15.1. The lowest BCUT2D eigenvalue weighted by Crippen LogP contribution is -2.50. The molecule has 7 aromatic rings. The zero-order valence-electron chi connectivity index (χ0n) is 24.8. The normalized spacial score (nSPS) is 15.3. The van der Waals surface area contributed by atoms with Crippen LogP contribution in [0.4, 0.5) is 0 Å². The van der Waals surface area contributed by atoms with Gasteiger partial charge in [-0.3, -0.25) is 4.57 Å². The van der Waals surface area contributed by atoms with E-state index in [1.54, 1.807) is 0 Å². The number of benzene rings is 5. The fraction of sp³-hybridized carbons (Fsp3) is 0.128. The molecule has 2 aromatic heterocycles. The highest BCUT2D eigenvalue weighted by atomic mass is 28.3. The molecule has 0 bridgehead atoms. The first kappa shape index (κ1) is 24.8. The molecule has 3 nitrogen and oxygen atoms in total. The molecular formula is C39H31N3Si. The Hall–Kier alpha value is -4.80. The molecule has 0 unspecified atom stereocenters. The molecule has 43 heavy (non-hydrogen) atoms. The third-order valence-corrected chi connectivity index (χ3v) is 13.5. The van der Waals surface area contributed by atoms with Crippen LogP contribution in [0.15, 0.2) is 115 Å². The van der Waals surface area contributed by atoms with Crippen LogP contribution in [0, 0.1) is 0 Å². The van der Waals surface area contributed by atoms with Crippen molar-refractivity contribution < 1.29 is 0 Å². The molecule has 0 spiro atoms. The van der Waals surface area contributed by atoms with Crippen molar-refractivity contribution in [2.24, 2.45) is 0 Å². The number of para-hydroxylation sites is 1. The van der Waals surface area contributed by atoms with Crippen LogP contribution in [-0.4, -0.2) is 22.6 Å². The average Bonchev–Trinajstić information content (AvgIpc) is 3.58. The molecule has 3 heterocycles. The van der Waals surface area contributed by atoms with Crippen molar-refractivity contribution in [1.29, 1.82) is 0 Å². The Balaban J connectivity index is 1.43. The molecule has 1 aliphatic carbocycles. The van der Waals surface area contributed by atoms with Crippen LogP contribution in [-0.2, 0) is 5.41 Å². The summed E-state index contributed by atoms with van der Waals surface area (Å²) in [4.78, 5) is 11.0. The van der Waals surface area contributed by atoms with Gasteiger partial charge in [0, 0.05) is 21.8 Å². The number of fused-ring (bicyclic) bond motifs is 10. The van der Waals surface area contributed by atoms with Crippen molar-refractivity contribution in [3.63, 3.8) is 0 Å². The highest BCUT2D eigenvalue weighted by molar-refractivity contribution is 7.04. The molecule has 2 aliphatic rings. The second-order valence-electron chi connectivity index (χ2n) is 13.0. The quantitative estimate of drug-likeness (QED) is 0.196. The van der Waals surface area contributed by atoms with E-state index in [1.165, 1.54) is 49.0 Å². The summed E-state index contributed by atoms with van der Waals surface area (Å²) in [6, 6.07) is 41.9. The third kappa shape index (κ3) is 3.14. The van der Waals surface area contributed by atoms with Gasteiger partial charge in [-0.05, 0) is 50.3 Å². The van der Waals surface area contributed by atoms with Gasteiger partial charge in [-0.15, -0.1) is 0 Å². The number of nitrogens with zero attached hydrogens (tertiary/aromatic N) is 3. The summed E-state index contributed by atoms with van der Waals surface area (Å²) in [6.07, 6.45) is 0. The third-order valence-electron chi connectivity index (χ3n) is 10.0. The van der Waals surface area contributed by atoms with E-state index in [1.807, 2.05) is 0 Å². The van der Waals surface area contributed by atoms with E-state index in [0.717, 1.165) is 33.9 Å². The number of hydrogen-bond donors (Lipinski definition) is 0. The van der Waals surface area contributed by atoms with E-state index >= 15 is 0 Å². The molecule has 0 saturated carbocycles. The lowest BCUT2D eigenvalue weighted by atomic mass is 9.82. The molecule has 4 heteroatoms. The smallest absolute Gasteiger partial charge is 0.235 e. The topological polar surface area (TPSA) is 30.7 Å². The summed E-state index contributed by atoms with van der Waals surface area (Å²) in [6.45, 7) is 9.58. The number of rotatable bonds is 2. The minimum Gasteiger partial charge on any atom is -0.278 e. The van der Waals surface area contributed by atoms with Crippen LogP contribution in [0.3, 0.4) is 0 Å². The maximum Gasteiger partial charge on any atom is 0.235 e. The maximum atomic E-state index is 5.49. The lowest BCUT2D eigenvalue weighted by Gasteiger charge is -2.22. The molecule has 9 rings (SSSR count). The van der Waals surface area contributed by atoms with Crippen LogP contribution in [0.25, 0.3) is 61.4 Å². The van der Waals surface area contributed by atoms with Gasteiger partial charge in [-0.25, -0.2) is 9.97 Å². The van der Waals surface area contributed by atoms with Gasteiger partial charge < -0.3 is 0 Å². The van der Waals surface area contributed by atoms with Crippen LogP contribution in [0.5, 0.6) is 0 Å². The summed E-state index contributed by atoms with van der Waals surface area (Å²) in [7, 11) is -2.03. The Morgan fingerprint density at radius 1 is 0.605 bits per heavy atom. The van der Waals surface area contributed by atoms with Gasteiger partial charge in [0.25, 0.3) is 0 Å². The lowest BCUT2D eigenvalue weighted by molar-refractivity contribution is 0.661. The predicted octanol–water partition coefficient (Wildman–Crippen LogP) is 8.35. The Morgan fingerprint density at radius 2 is 1.28 bits per heavy atom. The summed E-state index contributed by atoms with van der Waals surface area (Å²) in [5.41, 5.74) is 12.2. The Labute approximate surface area is 252 Å². The van der Waals surface area contributed by atoms with Crippen LogP contribution in [0.2, 0.25) is 13.1 Å². The van der Waals surface area contributed by atoms with E-state index in [0.29, 0.717) is 0 Å². The molecule has 0 radical (unpaired) electrons. The van der Waals surface area contributed by atoms with Crippen molar-refractivity contribution in [3.8, 4) is 39.6 Å². The minimum atomic E-state index is -2.03. The van der Waals surface area contributed by atoms with Crippen LogP contribution >= 0.6 is 0 Å². The van der Waals surface area contributed by atoms with E-state index in [-0.39, 0.29) is 5.41 Å². The second-order valence-corrected chi connectivity index (χ2v) is 17.3. The first-order valence-corrected chi connectivity index (χ1v) is 18.1. The second kappa shape index (κ2) is 8.39. The predicted molar refractivity (Wildman–Crippen MR) is 182 cm³/mol. The molecule has 0 amide bonds. The molecular weight excluding hydrogens is 539 g/mol. The van der Waals surface area contributed by atoms with Gasteiger partial charge in [0.2, 0.25) is 5.95 Å². The Morgan fingerprint density at radius 3 is 2.12 bits per heavy atom. The Kier molecular flexibility index (Phi) is 4.83. The zero-order chi connectivity index (χ0) is 29.1. The highest BCUT2D eigenvalue weighted by Gasteiger charge is 2.42. The van der Waals surface area contributed by atoms with Crippen molar-refractivity contribution in [3.05, 3.63) is 126 Å². The van der Waals surface area contributed by atoms with Crippen LogP contribution in [0.1, 0.15) is 25.0 Å². The van der Waals surface area contributed by atoms with Crippen molar-refractivity contribution in [2.75, 3.05) is 0 Å². The van der Waals surface area contributed by atoms with Gasteiger partial charge >= 0.3 is 0 Å². The molecule has 0 N–H and O–H groups in total. The largest absolute Gasteiger partial charge is 0.278 e. The molecule has 0 saturated heterocycles. The summed E-state index contributed by atoms with van der Waals surface area (Å²) >= 11 is 0. The Bertz CT molecular complexity index is 2290. The van der Waals surface area contributed by atoms with Crippen molar-refractivity contribution >= 4 is 40.3 Å². The molecule has 0 atom stereocenters. The zero-order valence-corrected chi connectivity index (χ0v) is 25.8. The monoisotopic (exact) mass is 569 g/mol. The number of hydrogen-bond acceptors (Lipinski definition) is 2. The molecule has 1 aliphatic heterocycles. The first-order chi connectivity index (χ1) is 20.9. The summed E-state index contributed by atoms with van der Waals surface area (Å²) < 4.78 is 2.31. The standard InChI is InChI=1S/C39H31N3Si/c1-39(2)28-19-11-8-16-25(28)33-29(39)22-23-31-34(33)26-17-9-12-20-30(26)42(31)38-40-35(24-14-6-5-7-15-24)37-36(41-38)27-18-10-13-21-32(27)43(37,3)4/h5-23H,1-4H3. The van der Waals surface area contributed by atoms with E-state index in [4.69, 9.17) is 9.97 Å². The number of aromatic nitrogens is 3. The molecule has 5 aromatic carbocycles. The van der Waals surface area contributed by atoms with Crippen LogP contribution < -0.4 is 10.4 Å². The van der Waals surface area contributed by atoms with Crippen molar-refractivity contribution in [1.82, 2.24) is 14.5 Å². The van der Waals surface area contributed by atoms with Gasteiger partial charge in [-0.2, -0.15) is 0 Å². The van der Waals surface area contributed by atoms with E-state index < -0.39 is 8.07 Å². The maximum absolute atomic E-state index is 5.49. The van der Waals surface area contributed by atoms with E-state index in [9.17, 15) is 0 Å². The SMILES string of the molecule is CC1(C)c2ccccc2-c2c1ccc1c2c2ccccc2n1-c1nc(-c2ccccc2)c2c(n1)-c1ccccc1[Si]2(C)C. The van der Waals surface area contributed by atoms with E-state index in [2.05, 4.69) is 147 Å². The van der Waals surface area contributed by atoms with Gasteiger partial charge in [0.05, 0.1) is 22.4 Å². The average molecular weight is 570 g/mol. The van der Waals surface area contributed by atoms with Gasteiger partial charge in [0.1, 0.15) is 8.07 Å². The van der Waals surface area contributed by atoms with Gasteiger partial charge in [0.15, 0.2) is 0 Å². The minimum absolute atomic E-state index is 0.0617. The summed E-state index contributed by atoms with van der Waals surface area (Å²) in [5, 5.41) is 5.29. The highest BCUT2D eigenvalue weighted by Crippen LogP contribution is 2.53. The fourth-order valence-corrected chi connectivity index (χ4v) is 11.2. The molecule has 0 fully saturated rings. The van der Waals surface area contributed by atoms with Crippen molar-refractivity contribution in [2.45, 2.75) is 32.4 Å². The summed E-state index contributed by atoms with van der Waals surface area (Å²) in [5.74, 6) is 0.732. The molecule has 206 valence electrons. The van der Waals surface area contributed by atoms with Gasteiger partial charge in [-0.1, -0.05) is 130 Å². The fourth-order valence-electron chi connectivity index (χ4n) is 7.98.